The lowest BCUT2D eigenvalue weighted by molar-refractivity contribution is 0.365. The van der Waals surface area contributed by atoms with E-state index in [0.29, 0.717) is 12.0 Å². The third kappa shape index (κ3) is 3.05. The summed E-state index contributed by atoms with van der Waals surface area (Å²) in [5.74, 6) is 1.70. The SMILES string of the molecule is Cc1cc2nc(C(C)C)n(CCC3CCCCN3)c2cc1C. The molecule has 2 heterocycles. The van der Waals surface area contributed by atoms with E-state index < -0.39 is 0 Å². The Morgan fingerprint density at radius 3 is 2.68 bits per heavy atom. The van der Waals surface area contributed by atoms with Crippen molar-refractivity contribution in [1.82, 2.24) is 14.9 Å². The standard InChI is InChI=1S/C19H29N3/c1-13(2)19-21-17-11-14(3)15(4)12-18(17)22(19)10-8-16-7-5-6-9-20-16/h11-13,16,20H,5-10H2,1-4H3. The van der Waals surface area contributed by atoms with Crippen LogP contribution in [-0.4, -0.2) is 22.1 Å². The second-order valence-electron chi connectivity index (χ2n) is 7.14. The number of nitrogens with one attached hydrogen (secondary N) is 1. The van der Waals surface area contributed by atoms with Crippen molar-refractivity contribution in [3.8, 4) is 0 Å². The quantitative estimate of drug-likeness (QED) is 0.911. The molecule has 0 radical (unpaired) electrons. The Balaban J connectivity index is 1.91. The fraction of sp³-hybridized carbons (Fsp3) is 0.632. The first-order chi connectivity index (χ1) is 10.6. The fourth-order valence-electron chi connectivity index (χ4n) is 3.53. The molecule has 1 fully saturated rings. The number of piperidine rings is 1. The highest BCUT2D eigenvalue weighted by atomic mass is 15.1. The second-order valence-corrected chi connectivity index (χ2v) is 7.14. The van der Waals surface area contributed by atoms with Gasteiger partial charge in [-0.2, -0.15) is 0 Å². The van der Waals surface area contributed by atoms with Crippen LogP contribution in [0.3, 0.4) is 0 Å². The topological polar surface area (TPSA) is 29.9 Å². The van der Waals surface area contributed by atoms with Crippen molar-refractivity contribution in [3.63, 3.8) is 0 Å². The second kappa shape index (κ2) is 6.41. The van der Waals surface area contributed by atoms with Crippen molar-refractivity contribution in [3.05, 3.63) is 29.1 Å². The summed E-state index contributed by atoms with van der Waals surface area (Å²) in [5, 5.41) is 3.67. The number of rotatable bonds is 4. The molecule has 120 valence electrons. The summed E-state index contributed by atoms with van der Waals surface area (Å²) in [5.41, 5.74) is 5.16. The molecule has 1 aromatic heterocycles. The minimum absolute atomic E-state index is 0.465. The molecule has 0 saturated carbocycles. The Labute approximate surface area is 134 Å². The summed E-state index contributed by atoms with van der Waals surface area (Å²) in [6.07, 6.45) is 5.23. The molecule has 1 aromatic carbocycles. The first-order valence-corrected chi connectivity index (χ1v) is 8.77. The van der Waals surface area contributed by atoms with Crippen LogP contribution in [0.1, 0.15) is 62.4 Å². The van der Waals surface area contributed by atoms with E-state index in [9.17, 15) is 0 Å². The number of imidazole rings is 1. The monoisotopic (exact) mass is 299 g/mol. The molecule has 1 N–H and O–H groups in total. The lowest BCUT2D eigenvalue weighted by atomic mass is 10.0. The van der Waals surface area contributed by atoms with Gasteiger partial charge in [0, 0.05) is 18.5 Å². The van der Waals surface area contributed by atoms with Crippen molar-refractivity contribution in [1.29, 1.82) is 0 Å². The smallest absolute Gasteiger partial charge is 0.112 e. The number of nitrogens with zero attached hydrogens (tertiary/aromatic N) is 2. The van der Waals surface area contributed by atoms with E-state index in [-0.39, 0.29) is 0 Å². The van der Waals surface area contributed by atoms with E-state index in [1.54, 1.807) is 0 Å². The molecular formula is C19H29N3. The van der Waals surface area contributed by atoms with Gasteiger partial charge in [-0.05, 0) is 62.9 Å². The lowest BCUT2D eigenvalue weighted by Gasteiger charge is -2.24. The third-order valence-corrected chi connectivity index (χ3v) is 5.02. The largest absolute Gasteiger partial charge is 0.328 e. The minimum atomic E-state index is 0.465. The average Bonchev–Trinajstić information content (AvgIpc) is 2.85. The summed E-state index contributed by atoms with van der Waals surface area (Å²) < 4.78 is 2.46. The Morgan fingerprint density at radius 2 is 2.00 bits per heavy atom. The molecule has 1 unspecified atom stereocenters. The number of fused-ring (bicyclic) bond motifs is 1. The molecule has 0 bridgehead atoms. The zero-order valence-corrected chi connectivity index (χ0v) is 14.4. The van der Waals surface area contributed by atoms with Gasteiger partial charge >= 0.3 is 0 Å². The minimum Gasteiger partial charge on any atom is -0.328 e. The molecule has 1 saturated heterocycles. The van der Waals surface area contributed by atoms with Crippen LogP contribution in [0.4, 0.5) is 0 Å². The molecule has 3 nitrogen and oxygen atoms in total. The van der Waals surface area contributed by atoms with Crippen molar-refractivity contribution in [2.75, 3.05) is 6.54 Å². The zero-order chi connectivity index (χ0) is 15.7. The number of aryl methyl sites for hydroxylation is 3. The van der Waals surface area contributed by atoms with Gasteiger partial charge in [-0.3, -0.25) is 0 Å². The Bertz CT molecular complexity index is 648. The summed E-state index contributed by atoms with van der Waals surface area (Å²) in [6.45, 7) is 11.1. The molecule has 3 rings (SSSR count). The van der Waals surface area contributed by atoms with Crippen LogP contribution in [0, 0.1) is 13.8 Å². The highest BCUT2D eigenvalue weighted by Crippen LogP contribution is 2.25. The van der Waals surface area contributed by atoms with E-state index in [0.717, 1.165) is 12.1 Å². The Kier molecular flexibility index (Phi) is 4.53. The summed E-state index contributed by atoms with van der Waals surface area (Å²) in [6, 6.07) is 5.24. The van der Waals surface area contributed by atoms with Gasteiger partial charge in [0.15, 0.2) is 0 Å². The van der Waals surface area contributed by atoms with E-state index in [4.69, 9.17) is 4.98 Å². The highest BCUT2D eigenvalue weighted by Gasteiger charge is 2.17. The highest BCUT2D eigenvalue weighted by molar-refractivity contribution is 5.78. The van der Waals surface area contributed by atoms with Gasteiger partial charge in [0.05, 0.1) is 11.0 Å². The maximum Gasteiger partial charge on any atom is 0.112 e. The number of hydrogen-bond donors (Lipinski definition) is 1. The Hall–Kier alpha value is -1.35. The fourth-order valence-corrected chi connectivity index (χ4v) is 3.53. The van der Waals surface area contributed by atoms with Crippen LogP contribution in [0.2, 0.25) is 0 Å². The van der Waals surface area contributed by atoms with Crippen LogP contribution in [0.5, 0.6) is 0 Å². The molecule has 0 spiro atoms. The summed E-state index contributed by atoms with van der Waals surface area (Å²) >= 11 is 0. The van der Waals surface area contributed by atoms with Crippen molar-refractivity contribution in [2.45, 2.75) is 71.9 Å². The molecule has 1 aliphatic rings. The predicted molar refractivity (Wildman–Crippen MR) is 93.6 cm³/mol. The molecule has 2 aromatic rings. The normalized spacial score (nSPS) is 19.2. The molecule has 0 amide bonds. The molecule has 1 aliphatic heterocycles. The summed E-state index contributed by atoms with van der Waals surface area (Å²) in [4.78, 5) is 4.92. The first kappa shape index (κ1) is 15.5. The zero-order valence-electron chi connectivity index (χ0n) is 14.4. The van der Waals surface area contributed by atoms with Gasteiger partial charge in [0.1, 0.15) is 5.82 Å². The third-order valence-electron chi connectivity index (χ3n) is 5.02. The van der Waals surface area contributed by atoms with Crippen LogP contribution in [0.25, 0.3) is 11.0 Å². The van der Waals surface area contributed by atoms with Crippen LogP contribution in [0.15, 0.2) is 12.1 Å². The predicted octanol–water partition coefficient (Wildman–Crippen LogP) is 4.31. The number of benzene rings is 1. The molecule has 22 heavy (non-hydrogen) atoms. The molecule has 3 heteroatoms. The van der Waals surface area contributed by atoms with Crippen molar-refractivity contribution >= 4 is 11.0 Å². The molecule has 1 atom stereocenters. The van der Waals surface area contributed by atoms with Gasteiger partial charge in [0.2, 0.25) is 0 Å². The Morgan fingerprint density at radius 1 is 1.23 bits per heavy atom. The van der Waals surface area contributed by atoms with Crippen LogP contribution >= 0.6 is 0 Å². The van der Waals surface area contributed by atoms with E-state index in [2.05, 4.69) is 49.7 Å². The number of hydrogen-bond acceptors (Lipinski definition) is 2. The van der Waals surface area contributed by atoms with E-state index in [1.807, 2.05) is 0 Å². The van der Waals surface area contributed by atoms with Gasteiger partial charge in [-0.15, -0.1) is 0 Å². The summed E-state index contributed by atoms with van der Waals surface area (Å²) in [7, 11) is 0. The van der Waals surface area contributed by atoms with Crippen LogP contribution < -0.4 is 5.32 Å². The molecular weight excluding hydrogens is 270 g/mol. The van der Waals surface area contributed by atoms with Crippen molar-refractivity contribution < 1.29 is 0 Å². The number of aromatic nitrogens is 2. The average molecular weight is 299 g/mol. The lowest BCUT2D eigenvalue weighted by Crippen LogP contribution is -2.34. The van der Waals surface area contributed by atoms with Crippen LogP contribution in [-0.2, 0) is 6.54 Å². The first-order valence-electron chi connectivity index (χ1n) is 8.77. The van der Waals surface area contributed by atoms with Gasteiger partial charge in [-0.1, -0.05) is 20.3 Å². The maximum absolute atomic E-state index is 4.92. The maximum atomic E-state index is 4.92. The van der Waals surface area contributed by atoms with E-state index >= 15 is 0 Å². The van der Waals surface area contributed by atoms with E-state index in [1.165, 1.54) is 54.7 Å². The van der Waals surface area contributed by atoms with Gasteiger partial charge in [0.25, 0.3) is 0 Å². The van der Waals surface area contributed by atoms with Gasteiger partial charge in [-0.25, -0.2) is 4.98 Å². The van der Waals surface area contributed by atoms with Crippen molar-refractivity contribution in [2.24, 2.45) is 0 Å². The molecule has 0 aliphatic carbocycles. The van der Waals surface area contributed by atoms with Gasteiger partial charge < -0.3 is 9.88 Å².